The van der Waals surface area contributed by atoms with E-state index in [-0.39, 0.29) is 12.3 Å². The first-order valence-electron chi connectivity index (χ1n) is 4.91. The summed E-state index contributed by atoms with van der Waals surface area (Å²) in [7, 11) is 0. The number of carboxylic acid groups (broad SMARTS) is 1. The van der Waals surface area contributed by atoms with Crippen molar-refractivity contribution in [2.75, 3.05) is 0 Å². The molecule has 1 aromatic rings. The van der Waals surface area contributed by atoms with Crippen LogP contribution < -0.4 is 0 Å². The number of hydrogen-bond acceptors (Lipinski definition) is 1. The molecule has 0 bridgehead atoms. The second-order valence-electron chi connectivity index (χ2n) is 3.90. The number of halogens is 1. The Morgan fingerprint density at radius 1 is 1.47 bits per heavy atom. The topological polar surface area (TPSA) is 37.3 Å². The smallest absolute Gasteiger partial charge is 0.303 e. The van der Waals surface area contributed by atoms with Crippen LogP contribution in [0.3, 0.4) is 0 Å². The quantitative estimate of drug-likeness (QED) is 0.856. The van der Waals surface area contributed by atoms with Gasteiger partial charge in [-0.05, 0) is 42.5 Å². The summed E-state index contributed by atoms with van der Waals surface area (Å²) >= 11 is 6.02. The van der Waals surface area contributed by atoms with Crippen LogP contribution in [0.5, 0.6) is 0 Å². The summed E-state index contributed by atoms with van der Waals surface area (Å²) in [6, 6.07) is 3.78. The maximum atomic E-state index is 10.7. The summed E-state index contributed by atoms with van der Waals surface area (Å²) in [5.41, 5.74) is 3.15. The molecule has 1 N–H and O–H groups in total. The average Bonchev–Trinajstić information content (AvgIpc) is 2.11. The lowest BCUT2D eigenvalue weighted by Gasteiger charge is -2.16. The first kappa shape index (κ1) is 12.1. The average molecular weight is 227 g/mol. The third-order valence-electron chi connectivity index (χ3n) is 2.64. The molecule has 0 spiro atoms. The SMILES string of the molecule is Cc1ccc(Cl)c(C)c1C(C)CC(=O)O. The number of carboxylic acids is 1. The summed E-state index contributed by atoms with van der Waals surface area (Å²) in [5, 5.41) is 9.47. The summed E-state index contributed by atoms with van der Waals surface area (Å²) in [5.74, 6) is -0.775. The first-order valence-corrected chi connectivity index (χ1v) is 5.28. The second-order valence-corrected chi connectivity index (χ2v) is 4.31. The zero-order valence-corrected chi connectivity index (χ0v) is 9.93. The minimum atomic E-state index is -0.777. The van der Waals surface area contributed by atoms with Gasteiger partial charge in [-0.2, -0.15) is 0 Å². The maximum Gasteiger partial charge on any atom is 0.303 e. The molecule has 0 saturated heterocycles. The fourth-order valence-corrected chi connectivity index (χ4v) is 2.12. The summed E-state index contributed by atoms with van der Waals surface area (Å²) in [6.07, 6.45) is 0.141. The largest absolute Gasteiger partial charge is 0.481 e. The monoisotopic (exact) mass is 226 g/mol. The Morgan fingerprint density at radius 3 is 2.60 bits per heavy atom. The highest BCUT2D eigenvalue weighted by molar-refractivity contribution is 6.31. The Morgan fingerprint density at radius 2 is 2.07 bits per heavy atom. The van der Waals surface area contributed by atoms with Gasteiger partial charge in [0.1, 0.15) is 0 Å². The van der Waals surface area contributed by atoms with Crippen LogP contribution >= 0.6 is 11.6 Å². The van der Waals surface area contributed by atoms with E-state index in [4.69, 9.17) is 16.7 Å². The van der Waals surface area contributed by atoms with Crippen LogP contribution in [-0.4, -0.2) is 11.1 Å². The summed E-state index contributed by atoms with van der Waals surface area (Å²) < 4.78 is 0. The van der Waals surface area contributed by atoms with Crippen molar-refractivity contribution in [1.82, 2.24) is 0 Å². The number of aryl methyl sites for hydroxylation is 1. The standard InChI is InChI=1S/C12H15ClO2/c1-7-4-5-10(13)9(3)12(7)8(2)6-11(14)15/h4-5,8H,6H2,1-3H3,(H,14,15). The highest BCUT2D eigenvalue weighted by Gasteiger charge is 2.16. The molecule has 0 aliphatic carbocycles. The van der Waals surface area contributed by atoms with E-state index in [1.165, 1.54) is 0 Å². The molecule has 1 rings (SSSR count). The van der Waals surface area contributed by atoms with Crippen molar-refractivity contribution in [3.8, 4) is 0 Å². The minimum absolute atomic E-state index is 0.00111. The molecule has 82 valence electrons. The van der Waals surface area contributed by atoms with Gasteiger partial charge in [0.2, 0.25) is 0 Å². The van der Waals surface area contributed by atoms with Gasteiger partial charge in [-0.25, -0.2) is 0 Å². The molecule has 0 fully saturated rings. The highest BCUT2D eigenvalue weighted by Crippen LogP contribution is 2.30. The molecule has 1 unspecified atom stereocenters. The third-order valence-corrected chi connectivity index (χ3v) is 3.05. The molecule has 0 radical (unpaired) electrons. The van der Waals surface area contributed by atoms with Gasteiger partial charge < -0.3 is 5.11 Å². The molecule has 0 aliphatic rings. The van der Waals surface area contributed by atoms with Crippen molar-refractivity contribution < 1.29 is 9.90 Å². The van der Waals surface area contributed by atoms with Crippen molar-refractivity contribution in [3.05, 3.63) is 33.8 Å². The minimum Gasteiger partial charge on any atom is -0.481 e. The van der Waals surface area contributed by atoms with E-state index in [9.17, 15) is 4.79 Å². The van der Waals surface area contributed by atoms with Crippen LogP contribution in [0, 0.1) is 13.8 Å². The lowest BCUT2D eigenvalue weighted by molar-refractivity contribution is -0.137. The third kappa shape index (κ3) is 2.72. The zero-order chi connectivity index (χ0) is 11.6. The molecular formula is C12H15ClO2. The maximum absolute atomic E-state index is 10.7. The number of benzene rings is 1. The van der Waals surface area contributed by atoms with Crippen LogP contribution in [0.2, 0.25) is 5.02 Å². The summed E-state index contributed by atoms with van der Waals surface area (Å²) in [6.45, 7) is 5.83. The van der Waals surface area contributed by atoms with Gasteiger partial charge in [0, 0.05) is 5.02 Å². The molecule has 0 heterocycles. The Kier molecular flexibility index (Phi) is 3.75. The molecule has 0 aliphatic heterocycles. The van der Waals surface area contributed by atoms with E-state index >= 15 is 0 Å². The van der Waals surface area contributed by atoms with Gasteiger partial charge in [0.15, 0.2) is 0 Å². The van der Waals surface area contributed by atoms with Crippen molar-refractivity contribution in [2.24, 2.45) is 0 Å². The van der Waals surface area contributed by atoms with E-state index in [1.54, 1.807) is 0 Å². The van der Waals surface area contributed by atoms with Crippen LogP contribution in [0.1, 0.15) is 36.0 Å². The van der Waals surface area contributed by atoms with Crippen LogP contribution in [0.25, 0.3) is 0 Å². The van der Waals surface area contributed by atoms with Crippen molar-refractivity contribution in [2.45, 2.75) is 33.1 Å². The van der Waals surface area contributed by atoms with Gasteiger partial charge in [0.25, 0.3) is 0 Å². The van der Waals surface area contributed by atoms with E-state index < -0.39 is 5.97 Å². The molecule has 3 heteroatoms. The van der Waals surface area contributed by atoms with Crippen LogP contribution in [0.15, 0.2) is 12.1 Å². The molecular weight excluding hydrogens is 212 g/mol. The van der Waals surface area contributed by atoms with Crippen molar-refractivity contribution in [1.29, 1.82) is 0 Å². The van der Waals surface area contributed by atoms with Crippen molar-refractivity contribution >= 4 is 17.6 Å². The fraction of sp³-hybridized carbons (Fsp3) is 0.417. The number of rotatable bonds is 3. The number of aliphatic carboxylic acids is 1. The van der Waals surface area contributed by atoms with Crippen molar-refractivity contribution in [3.63, 3.8) is 0 Å². The van der Waals surface area contributed by atoms with Crippen LogP contribution in [-0.2, 0) is 4.79 Å². The molecule has 15 heavy (non-hydrogen) atoms. The molecule has 2 nitrogen and oxygen atoms in total. The van der Waals surface area contributed by atoms with Gasteiger partial charge in [-0.3, -0.25) is 4.79 Å². The van der Waals surface area contributed by atoms with E-state index in [0.717, 1.165) is 16.7 Å². The summed E-state index contributed by atoms with van der Waals surface area (Å²) in [4.78, 5) is 10.7. The lowest BCUT2D eigenvalue weighted by Crippen LogP contribution is -2.06. The fourth-order valence-electron chi connectivity index (χ4n) is 1.96. The number of hydrogen-bond donors (Lipinski definition) is 1. The zero-order valence-electron chi connectivity index (χ0n) is 9.17. The Hall–Kier alpha value is -1.02. The molecule has 0 aromatic heterocycles. The predicted molar refractivity (Wildman–Crippen MR) is 61.6 cm³/mol. The van der Waals surface area contributed by atoms with Gasteiger partial charge in [-0.15, -0.1) is 0 Å². The van der Waals surface area contributed by atoms with E-state index in [2.05, 4.69) is 0 Å². The second kappa shape index (κ2) is 4.67. The van der Waals surface area contributed by atoms with E-state index in [1.807, 2.05) is 32.9 Å². The molecule has 1 atom stereocenters. The molecule has 1 aromatic carbocycles. The van der Waals surface area contributed by atoms with Gasteiger partial charge in [0.05, 0.1) is 6.42 Å². The van der Waals surface area contributed by atoms with E-state index in [0.29, 0.717) is 5.02 Å². The lowest BCUT2D eigenvalue weighted by atomic mass is 9.90. The first-order chi connectivity index (χ1) is 6.93. The Bertz CT molecular complexity index is 385. The highest BCUT2D eigenvalue weighted by atomic mass is 35.5. The normalized spacial score (nSPS) is 12.5. The predicted octanol–water partition coefficient (Wildman–Crippen LogP) is 3.54. The number of carbonyl (C=O) groups is 1. The van der Waals surface area contributed by atoms with Crippen LogP contribution in [0.4, 0.5) is 0 Å². The molecule has 0 saturated carbocycles. The van der Waals surface area contributed by atoms with Gasteiger partial charge >= 0.3 is 5.97 Å². The Labute approximate surface area is 94.9 Å². The molecule has 0 amide bonds. The van der Waals surface area contributed by atoms with Gasteiger partial charge in [-0.1, -0.05) is 24.6 Å². The Balaban J connectivity index is 3.12.